The van der Waals surface area contributed by atoms with Crippen molar-refractivity contribution >= 4 is 10.2 Å². The van der Waals surface area contributed by atoms with E-state index in [0.29, 0.717) is 13.1 Å². The zero-order valence-electron chi connectivity index (χ0n) is 10.2. The molecule has 0 amide bonds. The van der Waals surface area contributed by atoms with Crippen molar-refractivity contribution in [1.82, 2.24) is 14.3 Å². The van der Waals surface area contributed by atoms with Gasteiger partial charge in [-0.2, -0.15) is 12.7 Å². The number of hydrogen-bond acceptors (Lipinski definition) is 3. The van der Waals surface area contributed by atoms with E-state index in [2.05, 4.69) is 10.0 Å². The molecule has 0 radical (unpaired) electrons. The third-order valence-corrected chi connectivity index (χ3v) is 4.67. The zero-order valence-corrected chi connectivity index (χ0v) is 11.0. The van der Waals surface area contributed by atoms with Crippen LogP contribution in [0.4, 0.5) is 0 Å². The van der Waals surface area contributed by atoms with Gasteiger partial charge in [-0.05, 0) is 39.8 Å². The lowest BCUT2D eigenvalue weighted by Gasteiger charge is -2.32. The number of nitrogens with zero attached hydrogens (tertiary/aromatic N) is 1. The Labute approximate surface area is 98.8 Å². The lowest BCUT2D eigenvalue weighted by Crippen LogP contribution is -2.48. The summed E-state index contributed by atoms with van der Waals surface area (Å²) in [4.78, 5) is 0. The quantitative estimate of drug-likeness (QED) is 0.666. The highest BCUT2D eigenvalue weighted by Crippen LogP contribution is 2.18. The predicted octanol–water partition coefficient (Wildman–Crippen LogP) is 0.305. The van der Waals surface area contributed by atoms with Crippen LogP contribution in [0.25, 0.3) is 0 Å². The van der Waals surface area contributed by atoms with Crippen LogP contribution >= 0.6 is 0 Å². The molecule has 0 aromatic carbocycles. The molecule has 5 nitrogen and oxygen atoms in total. The molecule has 1 unspecified atom stereocenters. The summed E-state index contributed by atoms with van der Waals surface area (Å²) in [6.45, 7) is 3.97. The van der Waals surface area contributed by atoms with Gasteiger partial charge < -0.3 is 5.32 Å². The molecule has 1 heterocycles. The second-order valence-electron chi connectivity index (χ2n) is 4.31. The van der Waals surface area contributed by atoms with Gasteiger partial charge in [-0.25, -0.2) is 4.72 Å². The maximum Gasteiger partial charge on any atom is 0.279 e. The zero-order chi connectivity index (χ0) is 12.0. The van der Waals surface area contributed by atoms with E-state index in [4.69, 9.17) is 0 Å². The fourth-order valence-corrected chi connectivity index (χ4v) is 3.49. The van der Waals surface area contributed by atoms with Crippen molar-refractivity contribution in [2.24, 2.45) is 0 Å². The van der Waals surface area contributed by atoms with Crippen LogP contribution in [0.5, 0.6) is 0 Å². The van der Waals surface area contributed by atoms with Crippen molar-refractivity contribution in [3.63, 3.8) is 0 Å². The molecular weight excluding hydrogens is 226 g/mol. The van der Waals surface area contributed by atoms with E-state index in [-0.39, 0.29) is 6.04 Å². The molecule has 0 aromatic heterocycles. The van der Waals surface area contributed by atoms with Crippen molar-refractivity contribution < 1.29 is 8.42 Å². The minimum atomic E-state index is -3.26. The SMILES string of the molecule is CNCCCNS(=O)(=O)N1CCCCC1C. The smallest absolute Gasteiger partial charge is 0.279 e. The van der Waals surface area contributed by atoms with Gasteiger partial charge in [0.25, 0.3) is 10.2 Å². The summed E-state index contributed by atoms with van der Waals surface area (Å²) in [5.41, 5.74) is 0. The average Bonchev–Trinajstić information content (AvgIpc) is 2.25. The number of rotatable bonds is 6. The Morgan fingerprint density at radius 3 is 2.69 bits per heavy atom. The first-order chi connectivity index (χ1) is 7.58. The molecule has 1 fully saturated rings. The Morgan fingerprint density at radius 1 is 1.31 bits per heavy atom. The molecule has 0 bridgehead atoms. The van der Waals surface area contributed by atoms with E-state index in [1.807, 2.05) is 14.0 Å². The van der Waals surface area contributed by atoms with Gasteiger partial charge in [-0.3, -0.25) is 0 Å². The molecule has 6 heteroatoms. The van der Waals surface area contributed by atoms with Gasteiger partial charge in [-0.15, -0.1) is 0 Å². The maximum atomic E-state index is 12.0. The third kappa shape index (κ3) is 4.01. The molecule has 1 saturated heterocycles. The Morgan fingerprint density at radius 2 is 2.06 bits per heavy atom. The molecule has 96 valence electrons. The topological polar surface area (TPSA) is 61.4 Å². The molecule has 16 heavy (non-hydrogen) atoms. The Bertz CT molecular complexity index is 292. The van der Waals surface area contributed by atoms with Gasteiger partial charge >= 0.3 is 0 Å². The molecule has 0 aliphatic carbocycles. The molecule has 0 saturated carbocycles. The van der Waals surface area contributed by atoms with Crippen LogP contribution in [-0.4, -0.2) is 45.4 Å². The second kappa shape index (κ2) is 6.54. The van der Waals surface area contributed by atoms with E-state index in [1.165, 1.54) is 0 Å². The van der Waals surface area contributed by atoms with Gasteiger partial charge in [-0.1, -0.05) is 6.42 Å². The number of piperidine rings is 1. The minimum absolute atomic E-state index is 0.135. The van der Waals surface area contributed by atoms with Crippen LogP contribution in [0, 0.1) is 0 Å². The van der Waals surface area contributed by atoms with Gasteiger partial charge in [0.15, 0.2) is 0 Å². The van der Waals surface area contributed by atoms with Crippen molar-refractivity contribution in [2.45, 2.75) is 38.6 Å². The summed E-state index contributed by atoms with van der Waals surface area (Å²) in [6.07, 6.45) is 3.89. The Kier molecular flexibility index (Phi) is 5.68. The standard InChI is InChI=1S/C10H23N3O2S/c1-10-6-3-4-9-13(10)16(14,15)12-8-5-7-11-2/h10-12H,3-9H2,1-2H3. The van der Waals surface area contributed by atoms with Gasteiger partial charge in [0.1, 0.15) is 0 Å². The first kappa shape index (κ1) is 13.9. The maximum absolute atomic E-state index is 12.0. The van der Waals surface area contributed by atoms with Crippen molar-refractivity contribution in [1.29, 1.82) is 0 Å². The molecule has 1 aliphatic heterocycles. The average molecular weight is 249 g/mol. The number of nitrogens with one attached hydrogen (secondary N) is 2. The van der Waals surface area contributed by atoms with E-state index < -0.39 is 10.2 Å². The third-order valence-electron chi connectivity index (χ3n) is 2.94. The van der Waals surface area contributed by atoms with Crippen LogP contribution in [0.15, 0.2) is 0 Å². The molecule has 2 N–H and O–H groups in total. The van der Waals surface area contributed by atoms with Gasteiger partial charge in [0.05, 0.1) is 0 Å². The molecule has 0 aromatic rings. The number of hydrogen-bond donors (Lipinski definition) is 2. The highest BCUT2D eigenvalue weighted by atomic mass is 32.2. The van der Waals surface area contributed by atoms with E-state index in [1.54, 1.807) is 4.31 Å². The highest BCUT2D eigenvalue weighted by molar-refractivity contribution is 7.87. The fraction of sp³-hybridized carbons (Fsp3) is 1.00. The van der Waals surface area contributed by atoms with Gasteiger partial charge in [0, 0.05) is 19.1 Å². The summed E-state index contributed by atoms with van der Waals surface area (Å²) in [6, 6.07) is 0.135. The molecule has 1 rings (SSSR count). The first-order valence-electron chi connectivity index (χ1n) is 5.99. The van der Waals surface area contributed by atoms with Crippen molar-refractivity contribution in [3.8, 4) is 0 Å². The molecule has 1 atom stereocenters. The normalized spacial score (nSPS) is 23.5. The first-order valence-corrected chi connectivity index (χ1v) is 7.43. The van der Waals surface area contributed by atoms with Crippen LogP contribution in [-0.2, 0) is 10.2 Å². The van der Waals surface area contributed by atoms with Crippen LogP contribution in [0.3, 0.4) is 0 Å². The van der Waals surface area contributed by atoms with E-state index >= 15 is 0 Å². The summed E-state index contributed by atoms with van der Waals surface area (Å²) in [5.74, 6) is 0. The summed E-state index contributed by atoms with van der Waals surface area (Å²) in [5, 5.41) is 2.99. The van der Waals surface area contributed by atoms with Gasteiger partial charge in [0.2, 0.25) is 0 Å². The monoisotopic (exact) mass is 249 g/mol. The largest absolute Gasteiger partial charge is 0.320 e. The Hall–Kier alpha value is -0.170. The molecule has 1 aliphatic rings. The summed E-state index contributed by atoms with van der Waals surface area (Å²) >= 11 is 0. The van der Waals surface area contributed by atoms with Crippen LogP contribution in [0.2, 0.25) is 0 Å². The second-order valence-corrected chi connectivity index (χ2v) is 6.02. The highest BCUT2D eigenvalue weighted by Gasteiger charge is 2.28. The van der Waals surface area contributed by atoms with Crippen LogP contribution < -0.4 is 10.0 Å². The predicted molar refractivity (Wildman–Crippen MR) is 65.5 cm³/mol. The minimum Gasteiger partial charge on any atom is -0.320 e. The van der Waals surface area contributed by atoms with E-state index in [0.717, 1.165) is 32.2 Å². The lowest BCUT2D eigenvalue weighted by molar-refractivity contribution is 0.265. The molecule has 0 spiro atoms. The lowest BCUT2D eigenvalue weighted by atomic mass is 10.1. The fourth-order valence-electron chi connectivity index (χ4n) is 1.98. The van der Waals surface area contributed by atoms with Crippen molar-refractivity contribution in [3.05, 3.63) is 0 Å². The van der Waals surface area contributed by atoms with E-state index in [9.17, 15) is 8.42 Å². The Balaban J connectivity index is 2.42. The van der Waals surface area contributed by atoms with Crippen molar-refractivity contribution in [2.75, 3.05) is 26.7 Å². The summed E-state index contributed by atoms with van der Waals surface area (Å²) < 4.78 is 28.2. The molecular formula is C10H23N3O2S. The summed E-state index contributed by atoms with van der Waals surface area (Å²) in [7, 11) is -1.40. The van der Waals surface area contributed by atoms with Crippen LogP contribution in [0.1, 0.15) is 32.6 Å².